The van der Waals surface area contributed by atoms with Crippen LogP contribution >= 0.6 is 22.9 Å². The summed E-state index contributed by atoms with van der Waals surface area (Å²) in [7, 11) is 0. The zero-order valence-electron chi connectivity index (χ0n) is 10.0. The van der Waals surface area contributed by atoms with Gasteiger partial charge in [-0.1, -0.05) is 17.8 Å². The molecule has 98 valence electrons. The van der Waals surface area contributed by atoms with E-state index in [-0.39, 0.29) is 5.91 Å². The minimum absolute atomic E-state index is 0.0235. The van der Waals surface area contributed by atoms with E-state index in [9.17, 15) is 4.79 Å². The van der Waals surface area contributed by atoms with Crippen LogP contribution in [0.1, 0.15) is 29.1 Å². The second kappa shape index (κ2) is 5.11. The maximum absolute atomic E-state index is 12.2. The molecular formula is C11H15ClN4OS. The number of aromatic nitrogens is 2. The molecule has 1 amide bonds. The molecule has 0 aromatic carbocycles. The highest BCUT2D eigenvalue weighted by Crippen LogP contribution is 2.23. The molecule has 2 aliphatic rings. The standard InChI is InChI=1S/C11H15ClN4OS/c12-11-14-13-9(18-11)10(17)16-6-5-15-4-2-1-3-8(15)7-16/h8H,1-7H2. The summed E-state index contributed by atoms with van der Waals surface area (Å²) >= 11 is 6.88. The van der Waals surface area contributed by atoms with Crippen molar-refractivity contribution in [1.82, 2.24) is 20.0 Å². The molecule has 0 N–H and O–H groups in total. The van der Waals surface area contributed by atoms with Crippen LogP contribution in [0, 0.1) is 0 Å². The quantitative estimate of drug-likeness (QED) is 0.785. The Labute approximate surface area is 115 Å². The van der Waals surface area contributed by atoms with Crippen LogP contribution in [0.25, 0.3) is 0 Å². The van der Waals surface area contributed by atoms with E-state index in [2.05, 4.69) is 15.1 Å². The molecule has 1 atom stereocenters. The first-order valence-electron chi connectivity index (χ1n) is 6.26. The summed E-state index contributed by atoms with van der Waals surface area (Å²) in [6, 6.07) is 0.528. The second-order valence-corrected chi connectivity index (χ2v) is 6.36. The van der Waals surface area contributed by atoms with Crippen LogP contribution in [0.2, 0.25) is 4.47 Å². The number of piperidine rings is 1. The number of nitrogens with zero attached hydrogens (tertiary/aromatic N) is 4. The number of hydrogen-bond donors (Lipinski definition) is 0. The molecule has 18 heavy (non-hydrogen) atoms. The van der Waals surface area contributed by atoms with E-state index in [4.69, 9.17) is 11.6 Å². The summed E-state index contributed by atoms with van der Waals surface area (Å²) in [5, 5.41) is 7.92. The van der Waals surface area contributed by atoms with Crippen LogP contribution < -0.4 is 0 Å². The van der Waals surface area contributed by atoms with E-state index in [1.807, 2.05) is 4.90 Å². The molecule has 2 aliphatic heterocycles. The summed E-state index contributed by atoms with van der Waals surface area (Å²) in [5.41, 5.74) is 0. The van der Waals surface area contributed by atoms with Crippen molar-refractivity contribution in [3.05, 3.63) is 9.47 Å². The summed E-state index contributed by atoms with van der Waals surface area (Å²) in [4.78, 5) is 16.6. The number of amides is 1. The lowest BCUT2D eigenvalue weighted by molar-refractivity contribution is 0.0371. The van der Waals surface area contributed by atoms with Gasteiger partial charge in [0.15, 0.2) is 0 Å². The fourth-order valence-corrected chi connectivity index (χ4v) is 3.56. The fourth-order valence-electron chi connectivity index (χ4n) is 2.77. The third kappa shape index (κ3) is 2.37. The Kier molecular flexibility index (Phi) is 3.50. The Morgan fingerprint density at radius 2 is 2.17 bits per heavy atom. The molecule has 0 aliphatic carbocycles. The van der Waals surface area contributed by atoms with E-state index in [1.54, 1.807) is 0 Å². The zero-order chi connectivity index (χ0) is 12.5. The van der Waals surface area contributed by atoms with Crippen LogP contribution in [-0.4, -0.2) is 58.1 Å². The molecule has 1 aromatic rings. The number of fused-ring (bicyclic) bond motifs is 1. The summed E-state index contributed by atoms with van der Waals surface area (Å²) < 4.78 is 0.328. The van der Waals surface area contributed by atoms with Crippen LogP contribution in [0.15, 0.2) is 0 Å². The molecule has 5 nitrogen and oxygen atoms in total. The lowest BCUT2D eigenvalue weighted by Crippen LogP contribution is -2.56. The van der Waals surface area contributed by atoms with Crippen LogP contribution in [0.4, 0.5) is 0 Å². The van der Waals surface area contributed by atoms with Gasteiger partial charge in [0.25, 0.3) is 5.91 Å². The molecule has 1 unspecified atom stereocenters. The summed E-state index contributed by atoms with van der Waals surface area (Å²) in [6.45, 7) is 3.75. The van der Waals surface area contributed by atoms with Gasteiger partial charge in [0.05, 0.1) is 0 Å². The average Bonchev–Trinajstić information content (AvgIpc) is 2.84. The number of carbonyl (C=O) groups is 1. The third-order valence-corrected chi connectivity index (χ3v) is 4.71. The van der Waals surface area contributed by atoms with Gasteiger partial charge in [0.1, 0.15) is 0 Å². The molecule has 3 heterocycles. The van der Waals surface area contributed by atoms with Crippen LogP contribution in [-0.2, 0) is 0 Å². The topological polar surface area (TPSA) is 49.3 Å². The van der Waals surface area contributed by atoms with Crippen molar-refractivity contribution in [2.45, 2.75) is 25.3 Å². The van der Waals surface area contributed by atoms with Crippen molar-refractivity contribution in [2.75, 3.05) is 26.2 Å². The minimum Gasteiger partial charge on any atom is -0.334 e. The number of rotatable bonds is 1. The molecule has 0 spiro atoms. The Morgan fingerprint density at radius 1 is 1.28 bits per heavy atom. The maximum Gasteiger partial charge on any atom is 0.284 e. The lowest BCUT2D eigenvalue weighted by Gasteiger charge is -2.43. The molecule has 7 heteroatoms. The molecule has 1 aromatic heterocycles. The monoisotopic (exact) mass is 286 g/mol. The van der Waals surface area contributed by atoms with Crippen LogP contribution in [0.3, 0.4) is 0 Å². The molecule has 3 rings (SSSR count). The van der Waals surface area contributed by atoms with E-state index in [0.29, 0.717) is 15.5 Å². The first-order valence-corrected chi connectivity index (χ1v) is 7.46. The lowest BCUT2D eigenvalue weighted by atomic mass is 9.99. The Balaban J connectivity index is 1.68. The highest BCUT2D eigenvalue weighted by molar-refractivity contribution is 7.17. The van der Waals surface area contributed by atoms with Gasteiger partial charge in [-0.3, -0.25) is 9.69 Å². The molecule has 0 bridgehead atoms. The number of carbonyl (C=O) groups excluding carboxylic acids is 1. The average molecular weight is 287 g/mol. The Hall–Kier alpha value is -0.720. The molecule has 2 fully saturated rings. The summed E-state index contributed by atoms with van der Waals surface area (Å²) in [6.07, 6.45) is 3.75. The van der Waals surface area contributed by atoms with E-state index in [0.717, 1.165) is 31.0 Å². The largest absolute Gasteiger partial charge is 0.334 e. The van der Waals surface area contributed by atoms with Gasteiger partial charge in [0, 0.05) is 25.7 Å². The second-order valence-electron chi connectivity index (χ2n) is 4.80. The zero-order valence-corrected chi connectivity index (χ0v) is 11.6. The highest BCUT2D eigenvalue weighted by Gasteiger charge is 2.32. The predicted octanol–water partition coefficient (Wildman–Crippen LogP) is 1.50. The SMILES string of the molecule is O=C(c1nnc(Cl)s1)N1CCN2CCCCC2C1. The van der Waals surface area contributed by atoms with Crippen molar-refractivity contribution in [3.63, 3.8) is 0 Å². The Bertz CT molecular complexity index is 452. The van der Waals surface area contributed by atoms with E-state index in [1.165, 1.54) is 25.8 Å². The summed E-state index contributed by atoms with van der Waals surface area (Å²) in [5.74, 6) is -0.0235. The predicted molar refractivity (Wildman–Crippen MR) is 70.0 cm³/mol. The van der Waals surface area contributed by atoms with Crippen molar-refractivity contribution in [3.8, 4) is 0 Å². The smallest absolute Gasteiger partial charge is 0.284 e. The van der Waals surface area contributed by atoms with Gasteiger partial charge in [-0.2, -0.15) is 0 Å². The van der Waals surface area contributed by atoms with E-state index >= 15 is 0 Å². The van der Waals surface area contributed by atoms with Crippen molar-refractivity contribution in [1.29, 1.82) is 0 Å². The first-order chi connectivity index (χ1) is 8.74. The minimum atomic E-state index is -0.0235. The van der Waals surface area contributed by atoms with Gasteiger partial charge < -0.3 is 4.90 Å². The van der Waals surface area contributed by atoms with Gasteiger partial charge in [-0.15, -0.1) is 10.2 Å². The van der Waals surface area contributed by atoms with Crippen molar-refractivity contribution < 1.29 is 4.79 Å². The molecular weight excluding hydrogens is 272 g/mol. The number of halogens is 1. The molecule has 2 saturated heterocycles. The fraction of sp³-hybridized carbons (Fsp3) is 0.727. The molecule has 0 radical (unpaired) electrons. The van der Waals surface area contributed by atoms with Crippen molar-refractivity contribution in [2.24, 2.45) is 0 Å². The molecule has 0 saturated carbocycles. The van der Waals surface area contributed by atoms with Gasteiger partial charge in [0.2, 0.25) is 9.47 Å². The van der Waals surface area contributed by atoms with Crippen molar-refractivity contribution >= 4 is 28.8 Å². The van der Waals surface area contributed by atoms with E-state index < -0.39 is 0 Å². The van der Waals surface area contributed by atoms with Gasteiger partial charge in [-0.25, -0.2) is 0 Å². The highest BCUT2D eigenvalue weighted by atomic mass is 35.5. The number of piperazine rings is 1. The normalized spacial score (nSPS) is 24.9. The third-order valence-electron chi connectivity index (χ3n) is 3.71. The number of hydrogen-bond acceptors (Lipinski definition) is 5. The Morgan fingerprint density at radius 3 is 2.94 bits per heavy atom. The van der Waals surface area contributed by atoms with Gasteiger partial charge >= 0.3 is 0 Å². The van der Waals surface area contributed by atoms with Crippen LogP contribution in [0.5, 0.6) is 0 Å². The maximum atomic E-state index is 12.2. The first kappa shape index (κ1) is 12.3. The van der Waals surface area contributed by atoms with Gasteiger partial charge in [-0.05, 0) is 31.0 Å².